The third kappa shape index (κ3) is 5.13. The van der Waals surface area contributed by atoms with Crippen LogP contribution in [0.15, 0.2) is 0 Å². The van der Waals surface area contributed by atoms with Crippen molar-refractivity contribution in [3.05, 3.63) is 0 Å². The summed E-state index contributed by atoms with van der Waals surface area (Å²) in [4.78, 5) is 23.9. The van der Waals surface area contributed by atoms with Gasteiger partial charge in [0, 0.05) is 31.5 Å². The van der Waals surface area contributed by atoms with Crippen LogP contribution in [0, 0.1) is 11.8 Å². The Balaban J connectivity index is 0.00000220. The molecule has 4 N–H and O–H groups in total. The summed E-state index contributed by atoms with van der Waals surface area (Å²) in [6.45, 7) is 3.43. The maximum Gasteiger partial charge on any atom is 0.242 e. The van der Waals surface area contributed by atoms with Gasteiger partial charge in [0.25, 0.3) is 0 Å². The summed E-state index contributed by atoms with van der Waals surface area (Å²) >= 11 is 0. The molecule has 1 saturated carbocycles. The third-order valence-corrected chi connectivity index (χ3v) is 4.32. The van der Waals surface area contributed by atoms with Crippen molar-refractivity contribution in [2.45, 2.75) is 44.8 Å². The van der Waals surface area contributed by atoms with Crippen molar-refractivity contribution in [2.24, 2.45) is 11.8 Å². The van der Waals surface area contributed by atoms with Crippen LogP contribution >= 0.6 is 12.4 Å². The number of halogens is 1. The van der Waals surface area contributed by atoms with Crippen LogP contribution in [0.4, 0.5) is 0 Å². The van der Waals surface area contributed by atoms with Crippen molar-refractivity contribution in [1.29, 1.82) is 0 Å². The van der Waals surface area contributed by atoms with Gasteiger partial charge in [0.15, 0.2) is 0 Å². The Morgan fingerprint density at radius 2 is 1.95 bits per heavy atom. The molecule has 6 nitrogen and oxygen atoms in total. The maximum absolute atomic E-state index is 11.9. The predicted octanol–water partition coefficient (Wildman–Crippen LogP) is -0.200. The van der Waals surface area contributed by atoms with Crippen molar-refractivity contribution in [1.82, 2.24) is 16.0 Å². The van der Waals surface area contributed by atoms with E-state index in [1.165, 1.54) is 0 Å². The zero-order valence-corrected chi connectivity index (χ0v) is 13.2. The van der Waals surface area contributed by atoms with E-state index >= 15 is 0 Å². The maximum atomic E-state index is 11.9. The summed E-state index contributed by atoms with van der Waals surface area (Å²) in [7, 11) is 0. The van der Waals surface area contributed by atoms with Gasteiger partial charge in [-0.3, -0.25) is 9.59 Å². The number of hydrogen-bond acceptors (Lipinski definition) is 4. The molecule has 2 aliphatic rings. The van der Waals surface area contributed by atoms with Gasteiger partial charge < -0.3 is 21.1 Å². The van der Waals surface area contributed by atoms with Crippen molar-refractivity contribution < 1.29 is 14.7 Å². The van der Waals surface area contributed by atoms with E-state index in [1.807, 2.05) is 0 Å². The normalized spacial score (nSPS) is 27.0. The van der Waals surface area contributed by atoms with Gasteiger partial charge in [-0.1, -0.05) is 12.8 Å². The first kappa shape index (κ1) is 18.2. The fourth-order valence-corrected chi connectivity index (χ4v) is 2.90. The SMILES string of the molecule is CC(NC(=O)C1CCCC1)C(=O)NCC1CNCC1O.Cl. The molecule has 0 bridgehead atoms. The minimum Gasteiger partial charge on any atom is -0.391 e. The molecular weight excluding hydrogens is 294 g/mol. The van der Waals surface area contributed by atoms with Crippen LogP contribution in [0.25, 0.3) is 0 Å². The van der Waals surface area contributed by atoms with E-state index in [0.717, 1.165) is 25.7 Å². The summed E-state index contributed by atoms with van der Waals surface area (Å²) in [6, 6.07) is -0.519. The molecule has 1 heterocycles. The molecule has 1 aliphatic carbocycles. The number of hydrogen-bond donors (Lipinski definition) is 4. The number of β-amino-alcohol motifs (C(OH)–C–C–N with tert-alkyl or cyclic N) is 1. The first-order valence-electron chi connectivity index (χ1n) is 7.55. The highest BCUT2D eigenvalue weighted by molar-refractivity contribution is 5.88. The van der Waals surface area contributed by atoms with Gasteiger partial charge in [0.1, 0.15) is 6.04 Å². The number of amides is 2. The van der Waals surface area contributed by atoms with E-state index in [4.69, 9.17) is 0 Å². The molecule has 122 valence electrons. The molecule has 3 atom stereocenters. The van der Waals surface area contributed by atoms with Crippen LogP contribution in [0.2, 0.25) is 0 Å². The largest absolute Gasteiger partial charge is 0.391 e. The van der Waals surface area contributed by atoms with Gasteiger partial charge in [0.2, 0.25) is 11.8 Å². The van der Waals surface area contributed by atoms with Crippen LogP contribution in [-0.2, 0) is 9.59 Å². The fourth-order valence-electron chi connectivity index (χ4n) is 2.90. The first-order valence-corrected chi connectivity index (χ1v) is 7.55. The molecular formula is C14H26ClN3O3. The zero-order valence-electron chi connectivity index (χ0n) is 12.4. The smallest absolute Gasteiger partial charge is 0.242 e. The van der Waals surface area contributed by atoms with E-state index in [9.17, 15) is 14.7 Å². The summed E-state index contributed by atoms with van der Waals surface area (Å²) in [5.74, 6) is -0.0639. The summed E-state index contributed by atoms with van der Waals surface area (Å²) in [6.07, 6.45) is 3.66. The summed E-state index contributed by atoms with van der Waals surface area (Å²) < 4.78 is 0. The molecule has 0 aromatic heterocycles. The standard InChI is InChI=1S/C14H25N3O3.ClH/c1-9(17-14(20)10-4-2-3-5-10)13(19)16-7-11-6-15-8-12(11)18;/h9-12,15,18H,2-8H2,1H3,(H,16,19)(H,17,20);1H. The number of nitrogens with one attached hydrogen (secondary N) is 3. The minimum atomic E-state index is -0.519. The molecule has 2 fully saturated rings. The molecule has 0 spiro atoms. The molecule has 7 heteroatoms. The van der Waals surface area contributed by atoms with Crippen LogP contribution < -0.4 is 16.0 Å². The van der Waals surface area contributed by atoms with Gasteiger partial charge in [-0.15, -0.1) is 12.4 Å². The topological polar surface area (TPSA) is 90.5 Å². The molecule has 21 heavy (non-hydrogen) atoms. The van der Waals surface area contributed by atoms with Crippen LogP contribution in [0.1, 0.15) is 32.6 Å². The fraction of sp³-hybridized carbons (Fsp3) is 0.857. The van der Waals surface area contributed by atoms with Crippen LogP contribution in [0.5, 0.6) is 0 Å². The second-order valence-electron chi connectivity index (χ2n) is 5.94. The molecule has 2 amide bonds. The Labute approximate surface area is 131 Å². The third-order valence-electron chi connectivity index (χ3n) is 4.32. The first-order chi connectivity index (χ1) is 9.58. The van der Waals surface area contributed by atoms with Gasteiger partial charge in [-0.2, -0.15) is 0 Å². The van der Waals surface area contributed by atoms with Gasteiger partial charge in [-0.05, 0) is 19.8 Å². The summed E-state index contributed by atoms with van der Waals surface area (Å²) in [5, 5.41) is 18.3. The van der Waals surface area contributed by atoms with Crippen molar-refractivity contribution in [3.8, 4) is 0 Å². The molecule has 0 radical (unpaired) electrons. The van der Waals surface area contributed by atoms with E-state index < -0.39 is 12.1 Å². The Hall–Kier alpha value is -0.850. The van der Waals surface area contributed by atoms with Crippen LogP contribution in [0.3, 0.4) is 0 Å². The monoisotopic (exact) mass is 319 g/mol. The lowest BCUT2D eigenvalue weighted by Crippen LogP contribution is -2.48. The average Bonchev–Trinajstić information content (AvgIpc) is 3.07. The van der Waals surface area contributed by atoms with Crippen molar-refractivity contribution in [2.75, 3.05) is 19.6 Å². The Morgan fingerprint density at radius 3 is 2.52 bits per heavy atom. The Kier molecular flexibility index (Phi) is 7.42. The Bertz CT molecular complexity index is 361. The number of rotatable bonds is 5. The summed E-state index contributed by atoms with van der Waals surface area (Å²) in [5.41, 5.74) is 0. The van der Waals surface area contributed by atoms with Crippen molar-refractivity contribution in [3.63, 3.8) is 0 Å². The number of carbonyl (C=O) groups excluding carboxylic acids is 2. The van der Waals surface area contributed by atoms with E-state index in [-0.39, 0.29) is 36.1 Å². The highest BCUT2D eigenvalue weighted by atomic mass is 35.5. The van der Waals surface area contributed by atoms with Gasteiger partial charge >= 0.3 is 0 Å². The quantitative estimate of drug-likeness (QED) is 0.565. The molecule has 3 unspecified atom stereocenters. The lowest BCUT2D eigenvalue weighted by Gasteiger charge is -2.19. The van der Waals surface area contributed by atoms with Crippen LogP contribution in [-0.4, -0.2) is 48.7 Å². The second kappa shape index (κ2) is 8.56. The highest BCUT2D eigenvalue weighted by Crippen LogP contribution is 2.24. The highest BCUT2D eigenvalue weighted by Gasteiger charge is 2.27. The number of aliphatic hydroxyl groups is 1. The van der Waals surface area contributed by atoms with E-state index in [0.29, 0.717) is 19.6 Å². The lowest BCUT2D eigenvalue weighted by molar-refractivity contribution is -0.130. The lowest BCUT2D eigenvalue weighted by atomic mass is 10.1. The number of carbonyl (C=O) groups is 2. The average molecular weight is 320 g/mol. The van der Waals surface area contributed by atoms with E-state index in [1.54, 1.807) is 6.92 Å². The zero-order chi connectivity index (χ0) is 14.5. The predicted molar refractivity (Wildman–Crippen MR) is 82.2 cm³/mol. The van der Waals surface area contributed by atoms with Gasteiger partial charge in [0.05, 0.1) is 6.10 Å². The van der Waals surface area contributed by atoms with E-state index in [2.05, 4.69) is 16.0 Å². The number of aliphatic hydroxyl groups excluding tert-OH is 1. The molecule has 0 aromatic carbocycles. The molecule has 2 rings (SSSR count). The molecule has 1 aliphatic heterocycles. The minimum absolute atomic E-state index is 0. The Morgan fingerprint density at radius 1 is 1.29 bits per heavy atom. The van der Waals surface area contributed by atoms with Gasteiger partial charge in [-0.25, -0.2) is 0 Å². The van der Waals surface area contributed by atoms with Crippen molar-refractivity contribution >= 4 is 24.2 Å². The second-order valence-corrected chi connectivity index (χ2v) is 5.94. The molecule has 1 saturated heterocycles. The molecule has 0 aromatic rings.